The molecule has 2 rings (SSSR count). The van der Waals surface area contributed by atoms with Crippen molar-refractivity contribution in [2.24, 2.45) is 5.92 Å². The van der Waals surface area contributed by atoms with Crippen LogP contribution in [0.25, 0.3) is 0 Å². The molecule has 0 spiro atoms. The van der Waals surface area contributed by atoms with Crippen LogP contribution in [0.5, 0.6) is 0 Å². The number of imidazole rings is 2. The number of aryl methyl sites for hydroxylation is 2. The zero-order valence-corrected chi connectivity index (χ0v) is 12.2. The van der Waals surface area contributed by atoms with Gasteiger partial charge in [0.05, 0.1) is 30.6 Å². The molecular formula is C15H24N4. The van der Waals surface area contributed by atoms with E-state index in [0.717, 1.165) is 31.8 Å². The van der Waals surface area contributed by atoms with Gasteiger partial charge in [-0.2, -0.15) is 0 Å². The van der Waals surface area contributed by atoms with Crippen molar-refractivity contribution in [3.05, 3.63) is 36.4 Å². The van der Waals surface area contributed by atoms with Crippen LogP contribution in [-0.4, -0.2) is 19.1 Å². The molecule has 0 aromatic carbocycles. The van der Waals surface area contributed by atoms with Gasteiger partial charge in [-0.1, -0.05) is 27.2 Å². The van der Waals surface area contributed by atoms with Crippen LogP contribution in [0.15, 0.2) is 25.0 Å². The molecule has 0 atom stereocenters. The fourth-order valence-corrected chi connectivity index (χ4v) is 2.14. The van der Waals surface area contributed by atoms with Gasteiger partial charge in [0.2, 0.25) is 0 Å². The summed E-state index contributed by atoms with van der Waals surface area (Å²) in [6.07, 6.45) is 11.3. The number of rotatable bonds is 7. The zero-order chi connectivity index (χ0) is 13.7. The first-order valence-electron chi connectivity index (χ1n) is 7.18. The molecule has 0 unspecified atom stereocenters. The van der Waals surface area contributed by atoms with Crippen LogP contribution in [0.4, 0.5) is 0 Å². The van der Waals surface area contributed by atoms with E-state index >= 15 is 0 Å². The van der Waals surface area contributed by atoms with Crippen LogP contribution in [0.3, 0.4) is 0 Å². The Morgan fingerprint density at radius 1 is 1.26 bits per heavy atom. The number of aromatic nitrogens is 4. The molecule has 0 bridgehead atoms. The Morgan fingerprint density at radius 3 is 2.84 bits per heavy atom. The number of hydrogen-bond acceptors (Lipinski definition) is 2. The lowest BCUT2D eigenvalue weighted by Gasteiger charge is -2.10. The largest absolute Gasteiger partial charge is 0.333 e. The third kappa shape index (κ3) is 3.94. The van der Waals surface area contributed by atoms with Crippen molar-refractivity contribution in [1.29, 1.82) is 0 Å². The molecule has 19 heavy (non-hydrogen) atoms. The SMILES string of the molecule is CCCc1cn(Cc2cncn2CCC(C)C)cn1. The predicted molar refractivity (Wildman–Crippen MR) is 77.0 cm³/mol. The fourth-order valence-electron chi connectivity index (χ4n) is 2.14. The predicted octanol–water partition coefficient (Wildman–Crippen LogP) is 3.13. The Labute approximate surface area is 115 Å². The van der Waals surface area contributed by atoms with Crippen molar-refractivity contribution in [2.45, 2.75) is 53.1 Å². The quantitative estimate of drug-likeness (QED) is 0.766. The van der Waals surface area contributed by atoms with E-state index in [0.29, 0.717) is 0 Å². The maximum absolute atomic E-state index is 4.42. The number of hydrogen-bond donors (Lipinski definition) is 0. The Morgan fingerprint density at radius 2 is 2.11 bits per heavy atom. The van der Waals surface area contributed by atoms with Gasteiger partial charge in [0.1, 0.15) is 0 Å². The van der Waals surface area contributed by atoms with Crippen molar-refractivity contribution >= 4 is 0 Å². The van der Waals surface area contributed by atoms with E-state index in [1.54, 1.807) is 0 Å². The molecule has 104 valence electrons. The molecule has 0 aliphatic carbocycles. The van der Waals surface area contributed by atoms with E-state index in [1.807, 2.05) is 18.9 Å². The summed E-state index contributed by atoms with van der Waals surface area (Å²) in [6.45, 7) is 8.59. The van der Waals surface area contributed by atoms with Gasteiger partial charge in [-0.05, 0) is 18.8 Å². The topological polar surface area (TPSA) is 35.6 Å². The number of nitrogens with zero attached hydrogens (tertiary/aromatic N) is 4. The molecule has 2 heterocycles. The Balaban J connectivity index is 1.99. The monoisotopic (exact) mass is 260 g/mol. The maximum Gasteiger partial charge on any atom is 0.0953 e. The van der Waals surface area contributed by atoms with Gasteiger partial charge in [0.15, 0.2) is 0 Å². The lowest BCUT2D eigenvalue weighted by molar-refractivity contribution is 0.503. The van der Waals surface area contributed by atoms with Crippen molar-refractivity contribution in [2.75, 3.05) is 0 Å². The summed E-state index contributed by atoms with van der Waals surface area (Å²) >= 11 is 0. The highest BCUT2D eigenvalue weighted by molar-refractivity contribution is 5.03. The smallest absolute Gasteiger partial charge is 0.0953 e. The summed E-state index contributed by atoms with van der Waals surface area (Å²) in [5.74, 6) is 0.722. The molecule has 0 N–H and O–H groups in total. The molecule has 0 aliphatic rings. The van der Waals surface area contributed by atoms with Gasteiger partial charge in [-0.3, -0.25) is 0 Å². The van der Waals surface area contributed by atoms with E-state index in [9.17, 15) is 0 Å². The summed E-state index contributed by atoms with van der Waals surface area (Å²) in [4.78, 5) is 8.69. The van der Waals surface area contributed by atoms with Crippen LogP contribution in [0.1, 0.15) is 45.0 Å². The highest BCUT2D eigenvalue weighted by atomic mass is 15.1. The van der Waals surface area contributed by atoms with Crippen LogP contribution < -0.4 is 0 Å². The van der Waals surface area contributed by atoms with Crippen LogP contribution >= 0.6 is 0 Å². The van der Waals surface area contributed by atoms with Crippen LogP contribution in [0.2, 0.25) is 0 Å². The van der Waals surface area contributed by atoms with Gasteiger partial charge < -0.3 is 9.13 Å². The highest BCUT2D eigenvalue weighted by Crippen LogP contribution is 2.09. The molecular weight excluding hydrogens is 236 g/mol. The van der Waals surface area contributed by atoms with Gasteiger partial charge in [0, 0.05) is 18.9 Å². The first-order chi connectivity index (χ1) is 9.19. The summed E-state index contributed by atoms with van der Waals surface area (Å²) in [6, 6.07) is 0. The van der Waals surface area contributed by atoms with Crippen molar-refractivity contribution in [1.82, 2.24) is 19.1 Å². The normalized spacial score (nSPS) is 11.4. The molecule has 0 saturated carbocycles. The minimum absolute atomic E-state index is 0.722. The van der Waals surface area contributed by atoms with E-state index in [-0.39, 0.29) is 0 Å². The minimum atomic E-state index is 0.722. The third-order valence-corrected chi connectivity index (χ3v) is 3.28. The summed E-state index contributed by atoms with van der Waals surface area (Å²) in [5.41, 5.74) is 2.43. The Hall–Kier alpha value is -1.58. The molecule has 2 aromatic heterocycles. The standard InChI is InChI=1S/C15H24N4/c1-4-5-14-9-18(12-17-14)10-15-8-16-11-19(15)7-6-13(2)3/h8-9,11-13H,4-7,10H2,1-3H3. The first-order valence-corrected chi connectivity index (χ1v) is 7.18. The van der Waals surface area contributed by atoms with Gasteiger partial charge >= 0.3 is 0 Å². The van der Waals surface area contributed by atoms with Crippen molar-refractivity contribution < 1.29 is 0 Å². The van der Waals surface area contributed by atoms with Gasteiger partial charge in [-0.15, -0.1) is 0 Å². The molecule has 2 aromatic rings. The molecule has 0 radical (unpaired) electrons. The molecule has 4 nitrogen and oxygen atoms in total. The zero-order valence-electron chi connectivity index (χ0n) is 12.2. The molecule has 4 heteroatoms. The lowest BCUT2D eigenvalue weighted by atomic mass is 10.1. The Bertz CT molecular complexity index is 496. The van der Waals surface area contributed by atoms with E-state index in [2.05, 4.69) is 46.1 Å². The highest BCUT2D eigenvalue weighted by Gasteiger charge is 2.05. The second-order valence-corrected chi connectivity index (χ2v) is 5.55. The second-order valence-electron chi connectivity index (χ2n) is 5.55. The molecule has 0 saturated heterocycles. The van der Waals surface area contributed by atoms with Crippen molar-refractivity contribution in [3.63, 3.8) is 0 Å². The maximum atomic E-state index is 4.42. The second kappa shape index (κ2) is 6.55. The molecule has 0 aliphatic heterocycles. The summed E-state index contributed by atoms with van der Waals surface area (Å²) < 4.78 is 4.40. The Kier molecular flexibility index (Phi) is 4.77. The van der Waals surface area contributed by atoms with E-state index < -0.39 is 0 Å². The minimum Gasteiger partial charge on any atom is -0.333 e. The van der Waals surface area contributed by atoms with Gasteiger partial charge in [-0.25, -0.2) is 9.97 Å². The lowest BCUT2D eigenvalue weighted by Crippen LogP contribution is -2.07. The van der Waals surface area contributed by atoms with Crippen molar-refractivity contribution in [3.8, 4) is 0 Å². The third-order valence-electron chi connectivity index (χ3n) is 3.28. The van der Waals surface area contributed by atoms with Gasteiger partial charge in [0.25, 0.3) is 0 Å². The molecule has 0 fully saturated rings. The average molecular weight is 260 g/mol. The van der Waals surface area contributed by atoms with Crippen LogP contribution in [-0.2, 0) is 19.5 Å². The van der Waals surface area contributed by atoms with E-state index in [4.69, 9.17) is 0 Å². The van der Waals surface area contributed by atoms with Crippen LogP contribution in [0, 0.1) is 5.92 Å². The first kappa shape index (κ1) is 13.8. The molecule has 0 amide bonds. The summed E-state index contributed by atoms with van der Waals surface area (Å²) in [5, 5.41) is 0. The summed E-state index contributed by atoms with van der Waals surface area (Å²) in [7, 11) is 0. The fraction of sp³-hybridized carbons (Fsp3) is 0.600. The van der Waals surface area contributed by atoms with E-state index in [1.165, 1.54) is 17.8 Å². The average Bonchev–Trinajstić information content (AvgIpc) is 2.97.